The van der Waals surface area contributed by atoms with Crippen LogP contribution in [0.1, 0.15) is 25.3 Å². The van der Waals surface area contributed by atoms with E-state index < -0.39 is 23.2 Å². The topological polar surface area (TPSA) is 9.23 Å². The van der Waals surface area contributed by atoms with E-state index >= 15 is 4.39 Å². The quantitative estimate of drug-likeness (QED) is 0.308. The molecule has 4 rings (SSSR count). The highest BCUT2D eigenvalue weighted by atomic mass is 19.1. The lowest BCUT2D eigenvalue weighted by molar-refractivity contribution is 0.360. The van der Waals surface area contributed by atoms with Gasteiger partial charge in [-0.25, -0.2) is 13.2 Å². The molecule has 0 bridgehead atoms. The van der Waals surface area contributed by atoms with Gasteiger partial charge >= 0.3 is 0 Å². The summed E-state index contributed by atoms with van der Waals surface area (Å²) in [7, 11) is 1.19. The predicted molar refractivity (Wildman–Crippen MR) is 120 cm³/mol. The maximum atomic E-state index is 15.2. The van der Waals surface area contributed by atoms with Crippen molar-refractivity contribution >= 4 is 10.8 Å². The van der Waals surface area contributed by atoms with Gasteiger partial charge in [0.2, 0.25) is 0 Å². The van der Waals surface area contributed by atoms with Crippen LogP contribution in [0.3, 0.4) is 0 Å². The van der Waals surface area contributed by atoms with Gasteiger partial charge in [-0.2, -0.15) is 0 Å². The van der Waals surface area contributed by atoms with Crippen molar-refractivity contribution in [3.63, 3.8) is 0 Å². The first-order chi connectivity index (χ1) is 15.0. The van der Waals surface area contributed by atoms with Gasteiger partial charge in [-0.3, -0.25) is 0 Å². The van der Waals surface area contributed by atoms with Gasteiger partial charge in [0.15, 0.2) is 17.4 Å². The highest BCUT2D eigenvalue weighted by molar-refractivity contribution is 5.91. The Morgan fingerprint density at radius 1 is 0.742 bits per heavy atom. The zero-order valence-electron chi connectivity index (χ0n) is 17.5. The van der Waals surface area contributed by atoms with Crippen LogP contribution in [-0.2, 0) is 6.42 Å². The van der Waals surface area contributed by atoms with E-state index in [1.165, 1.54) is 19.1 Å². The van der Waals surface area contributed by atoms with Gasteiger partial charge in [-0.05, 0) is 58.7 Å². The fraction of sp³-hybridized carbons (Fsp3) is 0.185. The number of benzene rings is 4. The van der Waals surface area contributed by atoms with Crippen LogP contribution in [0.2, 0.25) is 0 Å². The zero-order chi connectivity index (χ0) is 22.0. The van der Waals surface area contributed by atoms with E-state index in [1.807, 2.05) is 12.1 Å². The van der Waals surface area contributed by atoms with Crippen molar-refractivity contribution in [2.75, 3.05) is 7.11 Å². The summed E-state index contributed by atoms with van der Waals surface area (Å²) in [6.45, 7) is 2.18. The van der Waals surface area contributed by atoms with Gasteiger partial charge in [-0.1, -0.05) is 61.9 Å². The summed E-state index contributed by atoms with van der Waals surface area (Å²) in [4.78, 5) is 0. The van der Waals surface area contributed by atoms with Crippen molar-refractivity contribution in [1.82, 2.24) is 0 Å². The number of unbranched alkanes of at least 4 members (excludes halogenated alkanes) is 1. The molecule has 1 nitrogen and oxygen atoms in total. The first kappa shape index (κ1) is 21.0. The van der Waals surface area contributed by atoms with Crippen LogP contribution in [-0.4, -0.2) is 7.11 Å². The minimum absolute atomic E-state index is 0.127. The fourth-order valence-electron chi connectivity index (χ4n) is 3.85. The lowest BCUT2D eigenvalue weighted by Gasteiger charge is -2.11. The van der Waals surface area contributed by atoms with E-state index in [9.17, 15) is 8.78 Å². The van der Waals surface area contributed by atoms with Crippen molar-refractivity contribution in [1.29, 1.82) is 0 Å². The average Bonchev–Trinajstić information content (AvgIpc) is 2.78. The van der Waals surface area contributed by atoms with Crippen LogP contribution in [0, 0.1) is 17.5 Å². The standard InChI is InChI=1S/C27H23F3O/c1-3-4-5-17-6-8-18(9-7-17)19-10-12-22-20(14-19)11-13-23(26(22)30)21-15-24(28)27(31-2)25(29)16-21/h6-16H,3-5H2,1-2H3. The molecule has 0 N–H and O–H groups in total. The maximum Gasteiger partial charge on any atom is 0.190 e. The Morgan fingerprint density at radius 2 is 1.42 bits per heavy atom. The number of ether oxygens (including phenoxy) is 1. The number of methoxy groups -OCH3 is 1. The molecular weight excluding hydrogens is 397 g/mol. The number of fused-ring (bicyclic) bond motifs is 1. The van der Waals surface area contributed by atoms with Crippen molar-refractivity contribution in [3.05, 3.63) is 89.7 Å². The third-order valence-electron chi connectivity index (χ3n) is 5.57. The van der Waals surface area contributed by atoms with E-state index in [1.54, 1.807) is 18.2 Å². The Labute approximate surface area is 180 Å². The highest BCUT2D eigenvalue weighted by Gasteiger charge is 2.16. The molecular formula is C27H23F3O. The second kappa shape index (κ2) is 8.84. The normalized spacial score (nSPS) is 11.1. The maximum absolute atomic E-state index is 15.2. The van der Waals surface area contributed by atoms with E-state index in [4.69, 9.17) is 4.74 Å². The van der Waals surface area contributed by atoms with E-state index in [2.05, 4.69) is 31.2 Å². The minimum Gasteiger partial charge on any atom is -0.491 e. The van der Waals surface area contributed by atoms with Crippen LogP contribution in [0.15, 0.2) is 66.7 Å². The summed E-state index contributed by atoms with van der Waals surface area (Å²) in [6.07, 6.45) is 3.39. The molecule has 0 saturated carbocycles. The summed E-state index contributed by atoms with van der Waals surface area (Å²) in [5.74, 6) is -2.72. The second-order valence-corrected chi connectivity index (χ2v) is 7.64. The Balaban J connectivity index is 1.70. The van der Waals surface area contributed by atoms with E-state index in [0.717, 1.165) is 41.5 Å². The lowest BCUT2D eigenvalue weighted by atomic mass is 9.96. The molecule has 0 radical (unpaired) electrons. The largest absolute Gasteiger partial charge is 0.491 e. The first-order valence-electron chi connectivity index (χ1n) is 10.4. The summed E-state index contributed by atoms with van der Waals surface area (Å²) < 4.78 is 48.1. The number of aryl methyl sites for hydroxylation is 1. The number of hydrogen-bond donors (Lipinski definition) is 0. The van der Waals surface area contributed by atoms with Gasteiger partial charge in [0.1, 0.15) is 5.82 Å². The highest BCUT2D eigenvalue weighted by Crippen LogP contribution is 2.34. The molecule has 158 valence electrons. The lowest BCUT2D eigenvalue weighted by Crippen LogP contribution is -1.95. The molecule has 0 atom stereocenters. The molecule has 0 spiro atoms. The van der Waals surface area contributed by atoms with Gasteiger partial charge in [0, 0.05) is 10.9 Å². The molecule has 0 aromatic heterocycles. The van der Waals surface area contributed by atoms with Crippen LogP contribution < -0.4 is 4.74 Å². The third kappa shape index (κ3) is 4.15. The Kier molecular flexibility index (Phi) is 5.99. The van der Waals surface area contributed by atoms with Crippen molar-refractivity contribution in [2.45, 2.75) is 26.2 Å². The van der Waals surface area contributed by atoms with Gasteiger partial charge in [0.25, 0.3) is 0 Å². The predicted octanol–water partition coefficient (Wildman–Crippen LogP) is 7.94. The monoisotopic (exact) mass is 420 g/mol. The Hall–Kier alpha value is -3.27. The van der Waals surface area contributed by atoms with Gasteiger partial charge < -0.3 is 4.74 Å². The second-order valence-electron chi connectivity index (χ2n) is 7.64. The molecule has 0 unspecified atom stereocenters. The Morgan fingerprint density at radius 3 is 2.06 bits per heavy atom. The molecule has 0 aliphatic carbocycles. The molecule has 4 aromatic carbocycles. The number of halogens is 3. The van der Waals surface area contributed by atoms with Crippen molar-refractivity contribution in [3.8, 4) is 28.0 Å². The minimum atomic E-state index is -0.866. The summed E-state index contributed by atoms with van der Waals surface area (Å²) in [5.41, 5.74) is 3.62. The molecule has 0 aliphatic heterocycles. The van der Waals surface area contributed by atoms with Crippen molar-refractivity contribution in [2.24, 2.45) is 0 Å². The summed E-state index contributed by atoms with van der Waals surface area (Å²) in [5, 5.41) is 1.13. The Bertz CT molecular complexity index is 1210. The SMILES string of the molecule is CCCCc1ccc(-c2ccc3c(F)c(-c4cc(F)c(OC)c(F)c4)ccc3c2)cc1. The fourth-order valence-corrected chi connectivity index (χ4v) is 3.85. The van der Waals surface area contributed by atoms with E-state index in [0.29, 0.717) is 5.39 Å². The summed E-state index contributed by atoms with van der Waals surface area (Å²) in [6, 6.07) is 19.4. The van der Waals surface area contributed by atoms with Crippen LogP contribution in [0.5, 0.6) is 5.75 Å². The van der Waals surface area contributed by atoms with Crippen LogP contribution in [0.4, 0.5) is 13.2 Å². The smallest absolute Gasteiger partial charge is 0.190 e. The summed E-state index contributed by atoms with van der Waals surface area (Å²) >= 11 is 0. The molecule has 0 aliphatic rings. The molecule has 31 heavy (non-hydrogen) atoms. The number of rotatable bonds is 6. The average molecular weight is 420 g/mol. The van der Waals surface area contributed by atoms with Gasteiger partial charge in [-0.15, -0.1) is 0 Å². The van der Waals surface area contributed by atoms with Crippen LogP contribution >= 0.6 is 0 Å². The third-order valence-corrected chi connectivity index (χ3v) is 5.57. The molecule has 0 fully saturated rings. The van der Waals surface area contributed by atoms with E-state index in [-0.39, 0.29) is 11.1 Å². The first-order valence-corrected chi connectivity index (χ1v) is 10.4. The molecule has 0 heterocycles. The van der Waals surface area contributed by atoms with Crippen molar-refractivity contribution < 1.29 is 17.9 Å². The zero-order valence-corrected chi connectivity index (χ0v) is 17.5. The molecule has 4 aromatic rings. The molecule has 4 heteroatoms. The molecule has 0 saturated heterocycles. The molecule has 0 amide bonds. The number of hydrogen-bond acceptors (Lipinski definition) is 1. The van der Waals surface area contributed by atoms with Gasteiger partial charge in [0.05, 0.1) is 7.11 Å². The van der Waals surface area contributed by atoms with Crippen LogP contribution in [0.25, 0.3) is 33.0 Å².